The van der Waals surface area contributed by atoms with Crippen LogP contribution in [0.15, 0.2) is 54.7 Å². The zero-order chi connectivity index (χ0) is 19.7. The first-order chi connectivity index (χ1) is 13.5. The lowest BCUT2D eigenvalue weighted by molar-refractivity contribution is 0.866. The fourth-order valence-electron chi connectivity index (χ4n) is 3.09. The van der Waals surface area contributed by atoms with Crippen LogP contribution in [-0.4, -0.2) is 28.7 Å². The SMILES string of the molecule is CC(C)c1ccc(-c2cnc3sc(NCc4ccc(N(C)C)cc4)nn23)cc1. The lowest BCUT2D eigenvalue weighted by Gasteiger charge is -2.12. The maximum atomic E-state index is 4.72. The summed E-state index contributed by atoms with van der Waals surface area (Å²) in [4.78, 5) is 7.53. The van der Waals surface area contributed by atoms with Gasteiger partial charge in [0.1, 0.15) is 0 Å². The highest BCUT2D eigenvalue weighted by Crippen LogP contribution is 2.27. The Labute approximate surface area is 169 Å². The van der Waals surface area contributed by atoms with E-state index in [2.05, 4.69) is 77.6 Å². The van der Waals surface area contributed by atoms with Crippen LogP contribution in [0.4, 0.5) is 10.8 Å². The van der Waals surface area contributed by atoms with Gasteiger partial charge in [0.2, 0.25) is 10.1 Å². The van der Waals surface area contributed by atoms with Crippen molar-refractivity contribution in [1.29, 1.82) is 0 Å². The summed E-state index contributed by atoms with van der Waals surface area (Å²) < 4.78 is 1.92. The monoisotopic (exact) mass is 391 g/mol. The Morgan fingerprint density at radius 1 is 1.04 bits per heavy atom. The lowest BCUT2D eigenvalue weighted by Crippen LogP contribution is -2.08. The first kappa shape index (κ1) is 18.5. The Morgan fingerprint density at radius 2 is 1.75 bits per heavy atom. The van der Waals surface area contributed by atoms with Crippen LogP contribution in [0.25, 0.3) is 16.2 Å². The molecule has 0 spiro atoms. The molecule has 0 aliphatic heterocycles. The van der Waals surface area contributed by atoms with Gasteiger partial charge in [-0.3, -0.25) is 0 Å². The van der Waals surface area contributed by atoms with E-state index in [0.29, 0.717) is 5.92 Å². The molecule has 2 aromatic heterocycles. The van der Waals surface area contributed by atoms with E-state index in [9.17, 15) is 0 Å². The van der Waals surface area contributed by atoms with Crippen LogP contribution >= 0.6 is 11.3 Å². The molecule has 28 heavy (non-hydrogen) atoms. The van der Waals surface area contributed by atoms with Crippen molar-refractivity contribution in [2.75, 3.05) is 24.3 Å². The van der Waals surface area contributed by atoms with E-state index in [-0.39, 0.29) is 0 Å². The lowest BCUT2D eigenvalue weighted by atomic mass is 10.0. The van der Waals surface area contributed by atoms with Crippen molar-refractivity contribution in [2.45, 2.75) is 26.3 Å². The molecule has 1 N–H and O–H groups in total. The topological polar surface area (TPSA) is 45.5 Å². The number of hydrogen-bond donors (Lipinski definition) is 1. The minimum Gasteiger partial charge on any atom is -0.378 e. The molecule has 0 fully saturated rings. The Morgan fingerprint density at radius 3 is 2.39 bits per heavy atom. The van der Waals surface area contributed by atoms with Crippen molar-refractivity contribution in [2.24, 2.45) is 0 Å². The standard InChI is InChI=1S/C22H25N5S/c1-15(2)17-7-9-18(10-8-17)20-14-24-22-27(20)25-21(28-22)23-13-16-5-11-19(12-6-16)26(3)4/h5-12,14-15H,13H2,1-4H3,(H,23,25). The van der Waals surface area contributed by atoms with E-state index < -0.39 is 0 Å². The second-order valence-corrected chi connectivity index (χ2v) is 8.39. The van der Waals surface area contributed by atoms with Crippen molar-refractivity contribution < 1.29 is 0 Å². The highest BCUT2D eigenvalue weighted by Gasteiger charge is 2.12. The molecular formula is C22H25N5S. The number of benzene rings is 2. The second kappa shape index (κ2) is 7.64. The number of nitrogens with zero attached hydrogens (tertiary/aromatic N) is 4. The number of aromatic nitrogens is 3. The van der Waals surface area contributed by atoms with Gasteiger partial charge in [-0.2, -0.15) is 0 Å². The Balaban J connectivity index is 1.51. The Hall–Kier alpha value is -2.86. The number of fused-ring (bicyclic) bond motifs is 1. The van der Waals surface area contributed by atoms with E-state index in [1.807, 2.05) is 24.8 Å². The molecule has 2 aromatic carbocycles. The van der Waals surface area contributed by atoms with Gasteiger partial charge < -0.3 is 10.2 Å². The van der Waals surface area contributed by atoms with Gasteiger partial charge in [-0.15, -0.1) is 5.10 Å². The summed E-state index contributed by atoms with van der Waals surface area (Å²) >= 11 is 1.57. The molecule has 0 unspecified atom stereocenters. The van der Waals surface area contributed by atoms with Crippen molar-refractivity contribution >= 4 is 27.1 Å². The number of rotatable bonds is 6. The maximum Gasteiger partial charge on any atom is 0.214 e. The number of imidazole rings is 1. The molecule has 2 heterocycles. The minimum atomic E-state index is 0.529. The summed E-state index contributed by atoms with van der Waals surface area (Å²) in [5.41, 5.74) is 5.91. The molecule has 5 nitrogen and oxygen atoms in total. The van der Waals surface area contributed by atoms with Gasteiger partial charge in [0.05, 0.1) is 11.9 Å². The van der Waals surface area contributed by atoms with Crippen LogP contribution in [0.1, 0.15) is 30.9 Å². The van der Waals surface area contributed by atoms with Crippen molar-refractivity contribution in [3.05, 3.63) is 65.9 Å². The third-order valence-electron chi connectivity index (χ3n) is 4.86. The fourth-order valence-corrected chi connectivity index (χ4v) is 3.86. The molecule has 4 rings (SSSR count). The van der Waals surface area contributed by atoms with E-state index >= 15 is 0 Å². The molecular weight excluding hydrogens is 366 g/mol. The molecule has 0 saturated carbocycles. The third-order valence-corrected chi connectivity index (χ3v) is 5.74. The predicted octanol–water partition coefficient (Wildman–Crippen LogP) is 5.26. The quantitative estimate of drug-likeness (QED) is 0.487. The van der Waals surface area contributed by atoms with Crippen molar-refractivity contribution in [3.63, 3.8) is 0 Å². The molecule has 6 heteroatoms. The van der Waals surface area contributed by atoms with Crippen LogP contribution in [0.3, 0.4) is 0 Å². The van der Waals surface area contributed by atoms with Gasteiger partial charge in [0, 0.05) is 31.9 Å². The Bertz CT molecular complexity index is 1060. The van der Waals surface area contributed by atoms with Crippen molar-refractivity contribution in [1.82, 2.24) is 14.6 Å². The largest absolute Gasteiger partial charge is 0.378 e. The summed E-state index contributed by atoms with van der Waals surface area (Å²) in [6.45, 7) is 5.15. The smallest absolute Gasteiger partial charge is 0.214 e. The zero-order valence-corrected chi connectivity index (χ0v) is 17.5. The van der Waals surface area contributed by atoms with Gasteiger partial charge in [-0.05, 0) is 29.2 Å². The highest BCUT2D eigenvalue weighted by atomic mass is 32.1. The summed E-state index contributed by atoms with van der Waals surface area (Å²) in [6, 6.07) is 17.2. The second-order valence-electron chi connectivity index (χ2n) is 7.44. The van der Waals surface area contributed by atoms with E-state index in [0.717, 1.165) is 27.9 Å². The zero-order valence-electron chi connectivity index (χ0n) is 16.7. The molecule has 144 valence electrons. The summed E-state index contributed by atoms with van der Waals surface area (Å²) in [5, 5.41) is 9.02. The van der Waals surface area contributed by atoms with Crippen LogP contribution < -0.4 is 10.2 Å². The van der Waals surface area contributed by atoms with Gasteiger partial charge in [-0.25, -0.2) is 9.50 Å². The van der Waals surface area contributed by atoms with E-state index in [1.165, 1.54) is 16.8 Å². The van der Waals surface area contributed by atoms with Crippen LogP contribution in [0, 0.1) is 0 Å². The number of hydrogen-bond acceptors (Lipinski definition) is 5. The first-order valence-electron chi connectivity index (χ1n) is 9.46. The summed E-state index contributed by atoms with van der Waals surface area (Å²) in [6.07, 6.45) is 1.90. The maximum absolute atomic E-state index is 4.72. The molecule has 0 amide bonds. The molecule has 0 atom stereocenters. The Kier molecular flexibility index (Phi) is 5.05. The van der Waals surface area contributed by atoms with Crippen LogP contribution in [-0.2, 0) is 6.54 Å². The molecule has 0 saturated heterocycles. The first-order valence-corrected chi connectivity index (χ1v) is 10.3. The van der Waals surface area contributed by atoms with Gasteiger partial charge >= 0.3 is 0 Å². The van der Waals surface area contributed by atoms with Gasteiger partial charge in [0.25, 0.3) is 0 Å². The fraction of sp³-hybridized carbons (Fsp3) is 0.273. The molecule has 0 bridgehead atoms. The highest BCUT2D eigenvalue weighted by molar-refractivity contribution is 7.20. The molecule has 4 aromatic rings. The number of nitrogens with one attached hydrogen (secondary N) is 1. The van der Waals surface area contributed by atoms with E-state index in [4.69, 9.17) is 5.10 Å². The molecule has 0 radical (unpaired) electrons. The summed E-state index contributed by atoms with van der Waals surface area (Å²) in [7, 11) is 4.10. The van der Waals surface area contributed by atoms with Crippen LogP contribution in [0.5, 0.6) is 0 Å². The number of anilines is 2. The average molecular weight is 392 g/mol. The molecule has 0 aliphatic rings. The van der Waals surface area contributed by atoms with Crippen LogP contribution in [0.2, 0.25) is 0 Å². The third kappa shape index (κ3) is 3.73. The molecule has 0 aliphatic carbocycles. The van der Waals surface area contributed by atoms with Gasteiger partial charge in [0.15, 0.2) is 0 Å². The van der Waals surface area contributed by atoms with Gasteiger partial charge in [-0.1, -0.05) is 61.6 Å². The normalized spacial score (nSPS) is 11.3. The summed E-state index contributed by atoms with van der Waals surface area (Å²) in [5.74, 6) is 0.529. The van der Waals surface area contributed by atoms with Crippen molar-refractivity contribution in [3.8, 4) is 11.3 Å². The van der Waals surface area contributed by atoms with E-state index in [1.54, 1.807) is 11.3 Å². The average Bonchev–Trinajstić information content (AvgIpc) is 3.27. The minimum absolute atomic E-state index is 0.529. The predicted molar refractivity (Wildman–Crippen MR) is 118 cm³/mol.